The standard InChI is InChI=1S/C11H13FN2O2S/c1-3-13-10-9(11(15)14(2)12)7-4-5-16-6-8(7)17-10/h3,13H,1,4-6H2,2H3. The molecular formula is C11H13FN2O2S. The number of carbonyl (C=O) groups excluding carboxylic acids is 1. The largest absolute Gasteiger partial charge is 0.376 e. The van der Waals surface area contributed by atoms with Crippen LogP contribution in [0.25, 0.3) is 0 Å². The topological polar surface area (TPSA) is 41.6 Å². The molecule has 0 aromatic carbocycles. The summed E-state index contributed by atoms with van der Waals surface area (Å²) < 4.78 is 18.4. The van der Waals surface area contributed by atoms with Crippen LogP contribution < -0.4 is 5.32 Å². The van der Waals surface area contributed by atoms with Crippen molar-refractivity contribution in [3.63, 3.8) is 0 Å². The van der Waals surface area contributed by atoms with Crippen LogP contribution in [0.2, 0.25) is 0 Å². The van der Waals surface area contributed by atoms with Gasteiger partial charge in [-0.25, -0.2) is 0 Å². The Balaban J connectivity index is 2.48. The summed E-state index contributed by atoms with van der Waals surface area (Å²) in [6, 6.07) is 0. The average molecular weight is 256 g/mol. The lowest BCUT2D eigenvalue weighted by molar-refractivity contribution is 0.0341. The predicted octanol–water partition coefficient (Wildman–Crippen LogP) is 2.33. The van der Waals surface area contributed by atoms with Crippen molar-refractivity contribution in [3.8, 4) is 0 Å². The summed E-state index contributed by atoms with van der Waals surface area (Å²) in [6.07, 6.45) is 2.12. The van der Waals surface area contributed by atoms with E-state index in [1.807, 2.05) is 0 Å². The van der Waals surface area contributed by atoms with E-state index in [1.54, 1.807) is 0 Å². The smallest absolute Gasteiger partial charge is 0.284 e. The maximum Gasteiger partial charge on any atom is 0.284 e. The van der Waals surface area contributed by atoms with Crippen molar-refractivity contribution in [1.82, 2.24) is 5.12 Å². The third-order valence-electron chi connectivity index (χ3n) is 2.55. The molecule has 1 aliphatic heterocycles. The van der Waals surface area contributed by atoms with Crippen LogP contribution in [-0.4, -0.2) is 24.7 Å². The quantitative estimate of drug-likeness (QED) is 0.844. The van der Waals surface area contributed by atoms with Crippen LogP contribution in [-0.2, 0) is 17.8 Å². The molecule has 0 bridgehead atoms. The first-order valence-electron chi connectivity index (χ1n) is 5.18. The number of ether oxygens (including phenoxy) is 1. The van der Waals surface area contributed by atoms with E-state index in [0.29, 0.717) is 30.2 Å². The molecule has 0 saturated carbocycles. The molecule has 0 aliphatic carbocycles. The van der Waals surface area contributed by atoms with Crippen molar-refractivity contribution in [2.24, 2.45) is 0 Å². The minimum atomic E-state index is -0.631. The number of hydrogen-bond donors (Lipinski definition) is 1. The molecule has 0 fully saturated rings. The van der Waals surface area contributed by atoms with Gasteiger partial charge < -0.3 is 10.1 Å². The highest BCUT2D eigenvalue weighted by atomic mass is 32.1. The van der Waals surface area contributed by atoms with Crippen LogP contribution in [0.3, 0.4) is 0 Å². The van der Waals surface area contributed by atoms with E-state index in [4.69, 9.17) is 4.74 Å². The Labute approximate surface area is 103 Å². The van der Waals surface area contributed by atoms with Crippen molar-refractivity contribution >= 4 is 22.2 Å². The molecule has 17 heavy (non-hydrogen) atoms. The monoisotopic (exact) mass is 256 g/mol. The Morgan fingerprint density at radius 1 is 1.71 bits per heavy atom. The summed E-state index contributed by atoms with van der Waals surface area (Å²) >= 11 is 1.41. The van der Waals surface area contributed by atoms with Crippen LogP contribution in [0.5, 0.6) is 0 Å². The maximum atomic E-state index is 13.1. The van der Waals surface area contributed by atoms with Crippen LogP contribution in [0, 0.1) is 0 Å². The van der Waals surface area contributed by atoms with Gasteiger partial charge in [0.15, 0.2) is 0 Å². The number of hydrogen-bond acceptors (Lipinski definition) is 4. The summed E-state index contributed by atoms with van der Waals surface area (Å²) in [5, 5.41) is 3.61. The molecule has 92 valence electrons. The second kappa shape index (κ2) is 4.85. The van der Waals surface area contributed by atoms with Crippen LogP contribution in [0.15, 0.2) is 12.8 Å². The molecule has 1 amide bonds. The van der Waals surface area contributed by atoms with E-state index in [-0.39, 0.29) is 5.12 Å². The molecule has 1 aromatic heterocycles. The van der Waals surface area contributed by atoms with E-state index in [1.165, 1.54) is 17.5 Å². The highest BCUT2D eigenvalue weighted by molar-refractivity contribution is 7.16. The number of carbonyl (C=O) groups is 1. The molecule has 0 spiro atoms. The SMILES string of the molecule is C=CNc1sc2c(c1C(=O)N(C)F)CCOC2. The Morgan fingerprint density at radius 2 is 2.47 bits per heavy atom. The van der Waals surface area contributed by atoms with Crippen LogP contribution in [0.1, 0.15) is 20.8 Å². The zero-order valence-corrected chi connectivity index (χ0v) is 10.3. The first-order valence-corrected chi connectivity index (χ1v) is 6.00. The number of anilines is 1. The van der Waals surface area contributed by atoms with Crippen molar-refractivity contribution in [1.29, 1.82) is 0 Å². The number of thiophene rings is 1. The second-order valence-corrected chi connectivity index (χ2v) is 4.75. The van der Waals surface area contributed by atoms with Gasteiger partial charge in [-0.3, -0.25) is 4.79 Å². The van der Waals surface area contributed by atoms with Gasteiger partial charge in [-0.15, -0.1) is 11.3 Å². The Bertz CT molecular complexity index is 457. The van der Waals surface area contributed by atoms with Crippen molar-refractivity contribution in [3.05, 3.63) is 28.8 Å². The number of fused-ring (bicyclic) bond motifs is 1. The fraction of sp³-hybridized carbons (Fsp3) is 0.364. The highest BCUT2D eigenvalue weighted by Crippen LogP contribution is 2.37. The number of rotatable bonds is 3. The van der Waals surface area contributed by atoms with E-state index in [9.17, 15) is 9.28 Å². The van der Waals surface area contributed by atoms with Gasteiger partial charge in [0, 0.05) is 11.9 Å². The first kappa shape index (κ1) is 12.1. The van der Waals surface area contributed by atoms with Crippen molar-refractivity contribution in [2.75, 3.05) is 19.0 Å². The predicted molar refractivity (Wildman–Crippen MR) is 64.7 cm³/mol. The molecule has 0 radical (unpaired) electrons. The van der Waals surface area contributed by atoms with Gasteiger partial charge in [0.25, 0.3) is 5.91 Å². The zero-order chi connectivity index (χ0) is 12.4. The fourth-order valence-corrected chi connectivity index (χ4v) is 2.98. The highest BCUT2D eigenvalue weighted by Gasteiger charge is 2.27. The lowest BCUT2D eigenvalue weighted by Gasteiger charge is -2.14. The summed E-state index contributed by atoms with van der Waals surface area (Å²) in [4.78, 5) is 12.8. The number of nitrogens with zero attached hydrogens (tertiary/aromatic N) is 1. The van der Waals surface area contributed by atoms with E-state index >= 15 is 0 Å². The van der Waals surface area contributed by atoms with Gasteiger partial charge in [0.2, 0.25) is 0 Å². The van der Waals surface area contributed by atoms with Crippen molar-refractivity contribution < 1.29 is 14.0 Å². The molecule has 6 heteroatoms. The summed E-state index contributed by atoms with van der Waals surface area (Å²) in [7, 11) is 1.10. The number of halogens is 1. The molecule has 2 heterocycles. The molecule has 1 aliphatic rings. The molecule has 0 unspecified atom stereocenters. The lowest BCUT2D eigenvalue weighted by atomic mass is 10.1. The van der Waals surface area contributed by atoms with Gasteiger partial charge in [-0.05, 0) is 18.2 Å². The minimum Gasteiger partial charge on any atom is -0.376 e. The summed E-state index contributed by atoms with van der Waals surface area (Å²) in [5.41, 5.74) is 1.29. The van der Waals surface area contributed by atoms with Crippen LogP contribution in [0.4, 0.5) is 9.48 Å². The number of amides is 1. The second-order valence-electron chi connectivity index (χ2n) is 3.64. The molecule has 1 aromatic rings. The van der Waals surface area contributed by atoms with Gasteiger partial charge in [0.05, 0.1) is 18.8 Å². The van der Waals surface area contributed by atoms with Gasteiger partial charge in [0.1, 0.15) is 5.00 Å². The summed E-state index contributed by atoms with van der Waals surface area (Å²) in [5.74, 6) is -0.631. The zero-order valence-electron chi connectivity index (χ0n) is 9.46. The van der Waals surface area contributed by atoms with Gasteiger partial charge >= 0.3 is 0 Å². The first-order chi connectivity index (χ1) is 8.15. The third kappa shape index (κ3) is 2.18. The maximum absolute atomic E-state index is 13.1. The van der Waals surface area contributed by atoms with Gasteiger partial charge in [-0.1, -0.05) is 11.1 Å². The normalized spacial score (nSPS) is 14.0. The molecule has 2 rings (SSSR count). The average Bonchev–Trinajstić information content (AvgIpc) is 2.66. The Morgan fingerprint density at radius 3 is 3.12 bits per heavy atom. The Hall–Kier alpha value is -1.40. The molecular weight excluding hydrogens is 243 g/mol. The third-order valence-corrected chi connectivity index (χ3v) is 3.68. The minimum absolute atomic E-state index is 0.103. The summed E-state index contributed by atoms with van der Waals surface area (Å²) in [6.45, 7) is 4.60. The molecule has 0 saturated heterocycles. The molecule has 4 nitrogen and oxygen atoms in total. The Kier molecular flexibility index (Phi) is 3.44. The fourth-order valence-electron chi connectivity index (χ4n) is 1.81. The van der Waals surface area contributed by atoms with Crippen LogP contribution >= 0.6 is 11.3 Å². The van der Waals surface area contributed by atoms with E-state index in [2.05, 4.69) is 11.9 Å². The van der Waals surface area contributed by atoms with E-state index < -0.39 is 5.91 Å². The van der Waals surface area contributed by atoms with E-state index in [0.717, 1.165) is 17.5 Å². The van der Waals surface area contributed by atoms with Gasteiger partial charge in [-0.2, -0.15) is 5.12 Å². The van der Waals surface area contributed by atoms with Crippen molar-refractivity contribution in [2.45, 2.75) is 13.0 Å². The number of nitrogens with one attached hydrogen (secondary N) is 1. The molecule has 0 atom stereocenters. The lowest BCUT2D eigenvalue weighted by Crippen LogP contribution is -2.21. The molecule has 1 N–H and O–H groups in total.